The molecule has 0 aliphatic rings. The smallest absolute Gasteiger partial charge is 0.407 e. The van der Waals surface area contributed by atoms with Crippen LogP contribution in [0, 0.1) is 0 Å². The van der Waals surface area contributed by atoms with Gasteiger partial charge in [0.05, 0.1) is 7.11 Å². The van der Waals surface area contributed by atoms with Gasteiger partial charge in [0.25, 0.3) is 0 Å². The molecule has 2 aromatic rings. The third-order valence-corrected chi connectivity index (χ3v) is 3.27. The lowest BCUT2D eigenvalue weighted by molar-refractivity contribution is 0.118. The van der Waals surface area contributed by atoms with Crippen LogP contribution in [0.1, 0.15) is 17.2 Å². The van der Waals surface area contributed by atoms with Crippen LogP contribution in [0.4, 0.5) is 4.79 Å². The highest BCUT2D eigenvalue weighted by molar-refractivity contribution is 6.30. The van der Waals surface area contributed by atoms with Crippen molar-refractivity contribution in [1.29, 1.82) is 0 Å². The Morgan fingerprint density at radius 2 is 1.57 bits per heavy atom. The highest BCUT2D eigenvalue weighted by Crippen LogP contribution is 2.28. The van der Waals surface area contributed by atoms with Gasteiger partial charge >= 0.3 is 6.09 Å². The summed E-state index contributed by atoms with van der Waals surface area (Å²) in [4.78, 5) is 11.6. The molecule has 0 fully saturated rings. The third-order valence-electron chi connectivity index (χ3n) is 3.02. The minimum Gasteiger partial charge on any atom is -0.497 e. The summed E-state index contributed by atoms with van der Waals surface area (Å²) >= 11 is 5.90. The standard InChI is InChI=1S/C16H16ClNO3/c1-18-16(19)21-15(11-3-7-13(17)8-4-11)12-5-9-14(20-2)10-6-12/h3-10,15H,1-2H3,(H,18,19). The molecule has 0 aliphatic heterocycles. The van der Waals surface area contributed by atoms with E-state index in [0.717, 1.165) is 16.9 Å². The van der Waals surface area contributed by atoms with Crippen molar-refractivity contribution in [2.24, 2.45) is 0 Å². The van der Waals surface area contributed by atoms with Gasteiger partial charge in [-0.3, -0.25) is 0 Å². The van der Waals surface area contributed by atoms with Crippen LogP contribution in [0.25, 0.3) is 0 Å². The molecule has 0 spiro atoms. The molecule has 1 amide bonds. The van der Waals surface area contributed by atoms with Gasteiger partial charge in [-0.15, -0.1) is 0 Å². The number of methoxy groups -OCH3 is 1. The lowest BCUT2D eigenvalue weighted by Gasteiger charge is -2.19. The topological polar surface area (TPSA) is 47.6 Å². The van der Waals surface area contributed by atoms with Crippen LogP contribution in [0.15, 0.2) is 48.5 Å². The number of amides is 1. The molecule has 0 saturated heterocycles. The quantitative estimate of drug-likeness (QED) is 0.934. The predicted molar refractivity (Wildman–Crippen MR) is 81.8 cm³/mol. The van der Waals surface area contributed by atoms with E-state index in [2.05, 4.69) is 5.32 Å². The zero-order chi connectivity index (χ0) is 15.2. The summed E-state index contributed by atoms with van der Waals surface area (Å²) in [6.07, 6.45) is -1.00. The Hall–Kier alpha value is -2.20. The van der Waals surface area contributed by atoms with Crippen molar-refractivity contribution in [1.82, 2.24) is 5.32 Å². The fourth-order valence-corrected chi connectivity index (χ4v) is 2.04. The Bertz CT molecular complexity index is 596. The number of alkyl carbamates (subject to hydrolysis) is 1. The minimum atomic E-state index is -0.506. The number of halogens is 1. The van der Waals surface area contributed by atoms with Gasteiger partial charge in [-0.05, 0) is 35.4 Å². The largest absolute Gasteiger partial charge is 0.497 e. The van der Waals surface area contributed by atoms with Crippen LogP contribution in [0.5, 0.6) is 5.75 Å². The van der Waals surface area contributed by atoms with Crippen molar-refractivity contribution in [3.63, 3.8) is 0 Å². The first-order chi connectivity index (χ1) is 10.1. The maximum absolute atomic E-state index is 11.6. The molecule has 0 heterocycles. The molecule has 0 radical (unpaired) electrons. The molecule has 0 aromatic heterocycles. The van der Waals surface area contributed by atoms with Gasteiger partial charge in [0.2, 0.25) is 0 Å². The van der Waals surface area contributed by atoms with Gasteiger partial charge in [0.15, 0.2) is 6.10 Å². The molecule has 1 atom stereocenters. The number of hydrogen-bond donors (Lipinski definition) is 1. The van der Waals surface area contributed by atoms with Crippen molar-refractivity contribution in [3.05, 3.63) is 64.7 Å². The summed E-state index contributed by atoms with van der Waals surface area (Å²) in [5, 5.41) is 3.09. The Balaban J connectivity index is 2.34. The second-order valence-electron chi connectivity index (χ2n) is 4.36. The minimum absolute atomic E-state index is 0.495. The van der Waals surface area contributed by atoms with E-state index in [1.807, 2.05) is 36.4 Å². The van der Waals surface area contributed by atoms with Crippen molar-refractivity contribution >= 4 is 17.7 Å². The zero-order valence-corrected chi connectivity index (χ0v) is 12.6. The predicted octanol–water partition coefficient (Wildman–Crippen LogP) is 3.79. The van der Waals surface area contributed by atoms with Gasteiger partial charge in [-0.2, -0.15) is 0 Å². The van der Waals surface area contributed by atoms with Crippen molar-refractivity contribution in [2.75, 3.05) is 14.2 Å². The Morgan fingerprint density at radius 1 is 1.05 bits per heavy atom. The monoisotopic (exact) mass is 305 g/mol. The van der Waals surface area contributed by atoms with Gasteiger partial charge in [-0.25, -0.2) is 4.79 Å². The number of carbonyl (C=O) groups excluding carboxylic acids is 1. The molecule has 2 aromatic carbocycles. The lowest BCUT2D eigenvalue weighted by Crippen LogP contribution is -2.22. The van der Waals surface area contributed by atoms with E-state index >= 15 is 0 Å². The highest BCUT2D eigenvalue weighted by atomic mass is 35.5. The average Bonchev–Trinajstić information content (AvgIpc) is 2.53. The average molecular weight is 306 g/mol. The Kier molecular flexibility index (Phi) is 5.06. The van der Waals surface area contributed by atoms with Crippen LogP contribution in [0.3, 0.4) is 0 Å². The summed E-state index contributed by atoms with van der Waals surface area (Å²) in [5.41, 5.74) is 1.69. The summed E-state index contributed by atoms with van der Waals surface area (Å²) in [7, 11) is 3.13. The van der Waals surface area contributed by atoms with E-state index in [4.69, 9.17) is 21.1 Å². The molecule has 2 rings (SSSR count). The number of benzene rings is 2. The third kappa shape index (κ3) is 3.89. The molecular weight excluding hydrogens is 290 g/mol. The second-order valence-corrected chi connectivity index (χ2v) is 4.80. The number of hydrogen-bond acceptors (Lipinski definition) is 3. The first-order valence-electron chi connectivity index (χ1n) is 6.42. The molecule has 0 saturated carbocycles. The molecule has 5 heteroatoms. The molecule has 0 bridgehead atoms. The first kappa shape index (κ1) is 15.2. The van der Waals surface area contributed by atoms with E-state index in [1.54, 1.807) is 19.2 Å². The zero-order valence-electron chi connectivity index (χ0n) is 11.8. The fraction of sp³-hybridized carbons (Fsp3) is 0.188. The lowest BCUT2D eigenvalue weighted by atomic mass is 10.0. The first-order valence-corrected chi connectivity index (χ1v) is 6.79. The van der Waals surface area contributed by atoms with Gasteiger partial charge in [0, 0.05) is 12.1 Å². The molecule has 21 heavy (non-hydrogen) atoms. The number of ether oxygens (including phenoxy) is 2. The summed E-state index contributed by atoms with van der Waals surface area (Å²) in [6.45, 7) is 0. The van der Waals surface area contributed by atoms with Crippen LogP contribution in [-0.4, -0.2) is 20.3 Å². The second kappa shape index (κ2) is 6.99. The maximum Gasteiger partial charge on any atom is 0.407 e. The van der Waals surface area contributed by atoms with E-state index in [-0.39, 0.29) is 0 Å². The molecule has 110 valence electrons. The maximum atomic E-state index is 11.6. The fourth-order valence-electron chi connectivity index (χ4n) is 1.91. The molecule has 0 aliphatic carbocycles. The summed E-state index contributed by atoms with van der Waals surface area (Å²) in [5.74, 6) is 0.744. The van der Waals surface area contributed by atoms with Gasteiger partial charge in [0.1, 0.15) is 5.75 Å². The Labute approximate surface area is 128 Å². The van der Waals surface area contributed by atoms with Crippen LogP contribution in [0.2, 0.25) is 5.02 Å². The normalized spacial score (nSPS) is 11.6. The highest BCUT2D eigenvalue weighted by Gasteiger charge is 2.18. The van der Waals surface area contributed by atoms with E-state index in [1.165, 1.54) is 7.05 Å². The SMILES string of the molecule is CNC(=O)OC(c1ccc(Cl)cc1)c1ccc(OC)cc1. The van der Waals surface area contributed by atoms with Gasteiger partial charge < -0.3 is 14.8 Å². The van der Waals surface area contributed by atoms with E-state index in [9.17, 15) is 4.79 Å². The molecular formula is C16H16ClNO3. The molecule has 4 nitrogen and oxygen atoms in total. The summed E-state index contributed by atoms with van der Waals surface area (Å²) < 4.78 is 10.6. The number of rotatable bonds is 4. The van der Waals surface area contributed by atoms with E-state index < -0.39 is 12.2 Å². The molecule has 1 unspecified atom stereocenters. The number of nitrogens with one attached hydrogen (secondary N) is 1. The summed E-state index contributed by atoms with van der Waals surface area (Å²) in [6, 6.07) is 14.6. The molecule has 1 N–H and O–H groups in total. The van der Waals surface area contributed by atoms with Crippen molar-refractivity contribution < 1.29 is 14.3 Å². The number of carbonyl (C=O) groups is 1. The van der Waals surface area contributed by atoms with Crippen molar-refractivity contribution in [3.8, 4) is 5.75 Å². The van der Waals surface area contributed by atoms with Crippen LogP contribution in [-0.2, 0) is 4.74 Å². The van der Waals surface area contributed by atoms with Crippen molar-refractivity contribution in [2.45, 2.75) is 6.10 Å². The Morgan fingerprint density at radius 3 is 2.05 bits per heavy atom. The van der Waals surface area contributed by atoms with Crippen LogP contribution < -0.4 is 10.1 Å². The van der Waals surface area contributed by atoms with Gasteiger partial charge in [-0.1, -0.05) is 35.9 Å². The van der Waals surface area contributed by atoms with E-state index in [0.29, 0.717) is 5.02 Å². The van der Waals surface area contributed by atoms with Crippen LogP contribution >= 0.6 is 11.6 Å².